The number of nitrogens with zero attached hydrogens (tertiary/aromatic N) is 2. The molecule has 1 heterocycles. The Morgan fingerprint density at radius 3 is 2.88 bits per heavy atom. The van der Waals surface area contributed by atoms with Gasteiger partial charge in [0.15, 0.2) is 0 Å². The third kappa shape index (κ3) is 2.21. The number of rotatable bonds is 3. The molecule has 3 nitrogen and oxygen atoms in total. The van der Waals surface area contributed by atoms with Gasteiger partial charge in [-0.1, -0.05) is 35.3 Å². The van der Waals surface area contributed by atoms with Crippen molar-refractivity contribution < 1.29 is 0 Å². The molecule has 0 unspecified atom stereocenters. The summed E-state index contributed by atoms with van der Waals surface area (Å²) in [5.41, 5.74) is 6.53. The number of hydrogen-bond donors (Lipinski definition) is 1. The van der Waals surface area contributed by atoms with Crippen molar-refractivity contribution in [3.63, 3.8) is 0 Å². The lowest BCUT2D eigenvalue weighted by molar-refractivity contribution is 0.724. The van der Waals surface area contributed by atoms with E-state index in [0.717, 1.165) is 11.4 Å². The van der Waals surface area contributed by atoms with Gasteiger partial charge in [-0.05, 0) is 11.6 Å². The molecule has 0 atom stereocenters. The van der Waals surface area contributed by atoms with E-state index in [1.807, 2.05) is 22.9 Å². The summed E-state index contributed by atoms with van der Waals surface area (Å²) < 4.78 is 1.96. The zero-order valence-corrected chi connectivity index (χ0v) is 10.0. The Balaban J connectivity index is 2.30. The first-order valence-electron chi connectivity index (χ1n) is 4.85. The first-order valence-corrected chi connectivity index (χ1v) is 5.61. The van der Waals surface area contributed by atoms with Crippen molar-refractivity contribution in [2.45, 2.75) is 13.1 Å². The van der Waals surface area contributed by atoms with Gasteiger partial charge in [0, 0.05) is 12.4 Å². The van der Waals surface area contributed by atoms with Crippen molar-refractivity contribution in [2.75, 3.05) is 0 Å². The molecule has 2 aromatic rings. The number of benzene rings is 1. The van der Waals surface area contributed by atoms with Gasteiger partial charge in [0.05, 0.1) is 23.1 Å². The summed E-state index contributed by atoms with van der Waals surface area (Å²) in [7, 11) is 0. The van der Waals surface area contributed by atoms with Crippen LogP contribution in [-0.4, -0.2) is 9.55 Å². The lowest BCUT2D eigenvalue weighted by Crippen LogP contribution is -2.09. The van der Waals surface area contributed by atoms with Crippen molar-refractivity contribution >= 4 is 23.2 Å². The van der Waals surface area contributed by atoms with Gasteiger partial charge < -0.3 is 10.3 Å². The molecule has 2 N–H and O–H groups in total. The van der Waals surface area contributed by atoms with Crippen LogP contribution in [0.3, 0.4) is 0 Å². The quantitative estimate of drug-likeness (QED) is 0.917. The van der Waals surface area contributed by atoms with Gasteiger partial charge in [-0.2, -0.15) is 0 Å². The van der Waals surface area contributed by atoms with E-state index in [0.29, 0.717) is 23.1 Å². The number of hydrogen-bond acceptors (Lipinski definition) is 2. The molecule has 5 heteroatoms. The zero-order chi connectivity index (χ0) is 11.5. The Morgan fingerprint density at radius 1 is 1.31 bits per heavy atom. The summed E-state index contributed by atoms with van der Waals surface area (Å²) in [6, 6.07) is 5.59. The maximum atomic E-state index is 6.11. The van der Waals surface area contributed by atoms with E-state index in [4.69, 9.17) is 28.9 Å². The number of aromatic nitrogens is 2. The third-order valence-electron chi connectivity index (χ3n) is 2.36. The SMILES string of the molecule is NCc1nccn1Cc1cccc(Cl)c1Cl. The molecular weight excluding hydrogens is 245 g/mol. The molecular formula is C11H11Cl2N3. The zero-order valence-electron chi connectivity index (χ0n) is 8.53. The van der Waals surface area contributed by atoms with E-state index in [9.17, 15) is 0 Å². The van der Waals surface area contributed by atoms with Crippen LogP contribution in [0.2, 0.25) is 10.0 Å². The highest BCUT2D eigenvalue weighted by atomic mass is 35.5. The fraction of sp³-hybridized carbons (Fsp3) is 0.182. The predicted octanol–water partition coefficient (Wildman–Crippen LogP) is 2.70. The van der Waals surface area contributed by atoms with E-state index in [1.165, 1.54) is 0 Å². The highest BCUT2D eigenvalue weighted by Gasteiger charge is 2.07. The summed E-state index contributed by atoms with van der Waals surface area (Å²) in [5.74, 6) is 0.830. The second-order valence-corrected chi connectivity index (χ2v) is 4.17. The van der Waals surface area contributed by atoms with Crippen LogP contribution in [0.15, 0.2) is 30.6 Å². The Morgan fingerprint density at radius 2 is 2.12 bits per heavy atom. The van der Waals surface area contributed by atoms with E-state index >= 15 is 0 Å². The molecule has 1 aromatic carbocycles. The Kier molecular flexibility index (Phi) is 3.49. The molecule has 0 radical (unpaired) electrons. The number of nitrogens with two attached hydrogens (primary N) is 1. The van der Waals surface area contributed by atoms with E-state index in [1.54, 1.807) is 12.3 Å². The highest BCUT2D eigenvalue weighted by molar-refractivity contribution is 6.42. The predicted molar refractivity (Wildman–Crippen MR) is 65.7 cm³/mol. The molecule has 0 aliphatic heterocycles. The second-order valence-electron chi connectivity index (χ2n) is 3.39. The van der Waals surface area contributed by atoms with Crippen LogP contribution in [0.1, 0.15) is 11.4 Å². The molecule has 0 bridgehead atoms. The first kappa shape index (κ1) is 11.5. The van der Waals surface area contributed by atoms with Gasteiger partial charge >= 0.3 is 0 Å². The van der Waals surface area contributed by atoms with Crippen molar-refractivity contribution in [2.24, 2.45) is 5.73 Å². The molecule has 2 rings (SSSR count). The molecule has 1 aromatic heterocycles. The van der Waals surface area contributed by atoms with E-state index < -0.39 is 0 Å². The van der Waals surface area contributed by atoms with Crippen LogP contribution in [-0.2, 0) is 13.1 Å². The summed E-state index contributed by atoms with van der Waals surface area (Å²) in [5, 5.41) is 1.15. The summed E-state index contributed by atoms with van der Waals surface area (Å²) in [6.07, 6.45) is 3.60. The smallest absolute Gasteiger partial charge is 0.122 e. The Hall–Kier alpha value is -1.03. The monoisotopic (exact) mass is 255 g/mol. The largest absolute Gasteiger partial charge is 0.329 e. The molecule has 0 spiro atoms. The number of imidazole rings is 1. The Bertz CT molecular complexity index is 494. The standard InChI is InChI=1S/C11H11Cl2N3/c12-9-3-1-2-8(11(9)13)7-16-5-4-15-10(16)6-14/h1-5H,6-7,14H2. The van der Waals surface area contributed by atoms with Crippen LogP contribution in [0, 0.1) is 0 Å². The fourth-order valence-electron chi connectivity index (χ4n) is 1.53. The lowest BCUT2D eigenvalue weighted by Gasteiger charge is -2.09. The molecule has 0 saturated heterocycles. The van der Waals surface area contributed by atoms with Crippen molar-refractivity contribution in [3.8, 4) is 0 Å². The van der Waals surface area contributed by atoms with Crippen molar-refractivity contribution in [1.82, 2.24) is 9.55 Å². The number of halogens is 2. The van der Waals surface area contributed by atoms with Crippen LogP contribution in [0.4, 0.5) is 0 Å². The maximum absolute atomic E-state index is 6.11. The minimum absolute atomic E-state index is 0.408. The van der Waals surface area contributed by atoms with Gasteiger partial charge in [-0.25, -0.2) is 4.98 Å². The van der Waals surface area contributed by atoms with Crippen molar-refractivity contribution in [3.05, 3.63) is 52.0 Å². The average Bonchev–Trinajstić information content (AvgIpc) is 2.72. The fourth-order valence-corrected chi connectivity index (χ4v) is 1.91. The third-order valence-corrected chi connectivity index (χ3v) is 3.21. The van der Waals surface area contributed by atoms with Crippen molar-refractivity contribution in [1.29, 1.82) is 0 Å². The van der Waals surface area contributed by atoms with Crippen LogP contribution >= 0.6 is 23.2 Å². The van der Waals surface area contributed by atoms with Crippen LogP contribution in [0.5, 0.6) is 0 Å². The van der Waals surface area contributed by atoms with Gasteiger partial charge in [-0.3, -0.25) is 0 Å². The summed E-state index contributed by atoms with van der Waals surface area (Å²) >= 11 is 12.1. The normalized spacial score (nSPS) is 10.7. The minimum Gasteiger partial charge on any atom is -0.329 e. The highest BCUT2D eigenvalue weighted by Crippen LogP contribution is 2.26. The topological polar surface area (TPSA) is 43.8 Å². The van der Waals surface area contributed by atoms with Gasteiger partial charge in [-0.15, -0.1) is 0 Å². The Labute approximate surface area is 104 Å². The lowest BCUT2D eigenvalue weighted by atomic mass is 10.2. The molecule has 0 fully saturated rings. The van der Waals surface area contributed by atoms with E-state index in [-0.39, 0.29) is 0 Å². The summed E-state index contributed by atoms with van der Waals surface area (Å²) in [6.45, 7) is 1.04. The second kappa shape index (κ2) is 4.87. The molecule has 0 aliphatic carbocycles. The van der Waals surface area contributed by atoms with Crippen LogP contribution < -0.4 is 5.73 Å². The maximum Gasteiger partial charge on any atom is 0.122 e. The van der Waals surface area contributed by atoms with E-state index in [2.05, 4.69) is 4.98 Å². The van der Waals surface area contributed by atoms with Gasteiger partial charge in [0.1, 0.15) is 5.82 Å². The van der Waals surface area contributed by atoms with Crippen LogP contribution in [0.25, 0.3) is 0 Å². The molecule has 0 aliphatic rings. The van der Waals surface area contributed by atoms with Gasteiger partial charge in [0.2, 0.25) is 0 Å². The molecule has 0 saturated carbocycles. The molecule has 0 amide bonds. The summed E-state index contributed by atoms with van der Waals surface area (Å²) in [4.78, 5) is 4.14. The molecule has 16 heavy (non-hydrogen) atoms. The first-order chi connectivity index (χ1) is 7.72. The minimum atomic E-state index is 0.408. The van der Waals surface area contributed by atoms with Gasteiger partial charge in [0.25, 0.3) is 0 Å². The average molecular weight is 256 g/mol. The molecule has 84 valence electrons.